The summed E-state index contributed by atoms with van der Waals surface area (Å²) < 4.78 is 0. The molecule has 13 heterocycles. The third kappa shape index (κ3) is 10.0. The summed E-state index contributed by atoms with van der Waals surface area (Å²) in [4.78, 5) is 201. The van der Waals surface area contributed by atoms with Crippen molar-refractivity contribution in [2.45, 2.75) is 0 Å². The van der Waals surface area contributed by atoms with Crippen molar-refractivity contribution in [2.75, 3.05) is 237 Å². The van der Waals surface area contributed by atoms with Gasteiger partial charge in [0.15, 0.2) is 0 Å². The molecule has 84 heavy (non-hydrogen) atoms. The van der Waals surface area contributed by atoms with Crippen LogP contribution in [0.2, 0.25) is 0 Å². The van der Waals surface area contributed by atoms with Gasteiger partial charge in [0.2, 0.25) is 0 Å². The molecule has 24 bridgehead atoms. The van der Waals surface area contributed by atoms with Gasteiger partial charge in [-0.2, -0.15) is 0 Å². The van der Waals surface area contributed by atoms with Gasteiger partial charge >= 0.3 is 72.4 Å². The normalized spacial score (nSPS) is 26.0. The lowest BCUT2D eigenvalue weighted by atomic mass is 10.5. The summed E-state index contributed by atoms with van der Waals surface area (Å²) in [5.74, 6) is 0. The first kappa shape index (κ1) is 54.5. The van der Waals surface area contributed by atoms with E-state index >= 15 is 0 Å². The molecule has 0 aromatic heterocycles. The number of carbonyl (C=O) groups is 12. The molecule has 0 radical (unpaired) electrons. The molecule has 0 saturated carbocycles. The summed E-state index contributed by atoms with van der Waals surface area (Å²) in [6.45, 7) is 8.47. The second-order valence-electron chi connectivity index (χ2n) is 23.4. The quantitative estimate of drug-likeness (QED) is 0.227. The van der Waals surface area contributed by atoms with Crippen molar-refractivity contribution in [1.82, 2.24) is 118 Å². The highest BCUT2D eigenvalue weighted by molar-refractivity contribution is 5.86. The van der Waals surface area contributed by atoms with E-state index in [1.807, 2.05) is 0 Å². The van der Waals surface area contributed by atoms with E-state index in [9.17, 15) is 57.5 Å². The van der Waals surface area contributed by atoms with Crippen molar-refractivity contribution in [1.29, 1.82) is 0 Å². The molecule has 0 aromatic rings. The highest BCUT2D eigenvalue weighted by Crippen LogP contribution is 2.25. The van der Waals surface area contributed by atoms with Crippen LogP contribution in [0.3, 0.4) is 0 Å². The second-order valence-corrected chi connectivity index (χ2v) is 23.4. The number of urea groups is 12. The Kier molecular flexibility index (Phi) is 14.1. The van der Waals surface area contributed by atoms with Crippen molar-refractivity contribution >= 4 is 72.4 Å². The molecule has 13 fully saturated rings. The maximum Gasteiger partial charge on any atom is 0.322 e. The number of hydrogen-bond acceptors (Lipinski definition) is 12. The average Bonchev–Trinajstić information content (AvgIpc) is 4.59. The van der Waals surface area contributed by atoms with Gasteiger partial charge in [-0.1, -0.05) is 0 Å². The van der Waals surface area contributed by atoms with Gasteiger partial charge in [0.25, 0.3) is 0 Å². The molecule has 36 nitrogen and oxygen atoms in total. The smallest absolute Gasteiger partial charge is 0.305 e. The molecular weight excluding hydrogens is 1100 g/mol. The molecule has 13 saturated heterocycles. The molecule has 13 aliphatic heterocycles. The van der Waals surface area contributed by atoms with Crippen molar-refractivity contribution in [2.24, 2.45) is 0 Å². The summed E-state index contributed by atoms with van der Waals surface area (Å²) in [5.41, 5.74) is 0. The Bertz CT molecular complexity index is 1980. The third-order valence-electron chi connectivity index (χ3n) is 18.3. The van der Waals surface area contributed by atoms with E-state index in [4.69, 9.17) is 0 Å². The molecule has 0 aromatic carbocycles. The first-order valence-electron chi connectivity index (χ1n) is 29.0. The number of carbonyl (C=O) groups excluding carboxylic acids is 12. The largest absolute Gasteiger partial charge is 0.322 e. The molecule has 0 unspecified atom stereocenters. The summed E-state index contributed by atoms with van der Waals surface area (Å²) >= 11 is 0. The number of rotatable bonds is 0. The molecule has 13 rings (SSSR count). The first-order chi connectivity index (χ1) is 40.5. The van der Waals surface area contributed by atoms with Gasteiger partial charge in [-0.3, -0.25) is 0 Å². The van der Waals surface area contributed by atoms with Gasteiger partial charge in [-0.25, -0.2) is 57.5 Å². The minimum absolute atomic E-state index is 0.0338. The van der Waals surface area contributed by atoms with Gasteiger partial charge in [0.05, 0.1) is 80.0 Å². The van der Waals surface area contributed by atoms with E-state index in [1.54, 1.807) is 118 Å². The molecule has 0 spiro atoms. The fraction of sp³-hybridized carbons (Fsp3) is 0.750. The summed E-state index contributed by atoms with van der Waals surface area (Å²) in [5, 5.41) is 0. The fourth-order valence-electron chi connectivity index (χ4n) is 13.2. The van der Waals surface area contributed by atoms with Gasteiger partial charge in [-0.05, 0) is 0 Å². The topological polar surface area (TPSA) is 283 Å². The summed E-state index contributed by atoms with van der Waals surface area (Å²) in [6.07, 6.45) is 0. The predicted molar refractivity (Wildman–Crippen MR) is 284 cm³/mol. The molecule has 36 heteroatoms. The van der Waals surface area contributed by atoms with E-state index in [2.05, 4.69) is 0 Å². The lowest BCUT2D eigenvalue weighted by Crippen LogP contribution is -2.48. The number of nitrogens with zero attached hydrogens (tertiary/aromatic N) is 24. The molecule has 0 N–H and O–H groups in total. The Morgan fingerprint density at radius 1 is 0.107 bits per heavy atom. The minimum atomic E-state index is -0.323. The van der Waals surface area contributed by atoms with Crippen molar-refractivity contribution < 1.29 is 57.5 Å². The Hall–Kier alpha value is -8.76. The van der Waals surface area contributed by atoms with Crippen molar-refractivity contribution in [3.8, 4) is 0 Å². The monoisotopic (exact) mass is 1180 g/mol. The summed E-state index contributed by atoms with van der Waals surface area (Å²) in [7, 11) is 0. The van der Waals surface area contributed by atoms with Crippen LogP contribution >= 0.6 is 0 Å². The molecule has 24 amide bonds. The fourth-order valence-corrected chi connectivity index (χ4v) is 13.2. The van der Waals surface area contributed by atoms with E-state index < -0.39 is 0 Å². The predicted octanol–water partition coefficient (Wildman–Crippen LogP) is -3.66. The highest BCUT2D eigenvalue weighted by atomic mass is 16.2. The maximum absolute atomic E-state index is 13.7. The Morgan fingerprint density at radius 2 is 0.155 bits per heavy atom. The van der Waals surface area contributed by atoms with Crippen LogP contribution in [0.15, 0.2) is 0 Å². The Balaban J connectivity index is 0.633. The van der Waals surface area contributed by atoms with E-state index in [-0.39, 0.29) is 152 Å². The van der Waals surface area contributed by atoms with Gasteiger partial charge in [0, 0.05) is 157 Å². The number of fused-ring (bicyclic) bond motifs is 24. The molecule has 0 atom stereocenters. The third-order valence-corrected chi connectivity index (χ3v) is 18.3. The minimum Gasteiger partial charge on any atom is -0.305 e. The number of hydrogen-bond donors (Lipinski definition) is 0. The van der Waals surface area contributed by atoms with Gasteiger partial charge in [-0.15, -0.1) is 0 Å². The Morgan fingerprint density at radius 3 is 0.202 bits per heavy atom. The van der Waals surface area contributed by atoms with Gasteiger partial charge in [0.1, 0.15) is 0 Å². The van der Waals surface area contributed by atoms with E-state index in [0.717, 1.165) is 0 Å². The van der Waals surface area contributed by atoms with Crippen LogP contribution < -0.4 is 0 Å². The van der Waals surface area contributed by atoms with Crippen LogP contribution in [0.1, 0.15) is 0 Å². The maximum atomic E-state index is 13.7. The van der Waals surface area contributed by atoms with Crippen molar-refractivity contribution in [3.63, 3.8) is 0 Å². The second kappa shape index (κ2) is 21.8. The lowest BCUT2D eigenvalue weighted by molar-refractivity contribution is 0.133. The first-order valence-corrected chi connectivity index (χ1v) is 29.0. The van der Waals surface area contributed by atoms with E-state index in [1.165, 1.54) is 0 Å². The Labute approximate surface area is 483 Å². The zero-order valence-electron chi connectivity index (χ0n) is 47.1. The lowest BCUT2D eigenvalue weighted by Gasteiger charge is -2.29. The molecule has 0 aliphatic carbocycles. The standard InChI is InChI=1S/C48H72N24O12/c73-37-49-1-2-50(37)26-52-5-6-54(39(52)75)28-56-9-10-58(41(56)77)30-60-13-14-62(43(60)79)32-64-17-18-66(45(64)81)34-68-21-22-70(47(68)83)36-72-24-23-71(48(72)84)35-69-20-19-67(46(69)82)33-65-16-15-63(44(65)80)31-61-12-11-59(42(61)78)29-57-8-7-55(40(57)76)27-53-4-3-51(25-49)38(53)74/h1-36H2. The highest BCUT2D eigenvalue weighted by Gasteiger charge is 2.46. The van der Waals surface area contributed by atoms with Crippen LogP contribution in [-0.4, -0.2) is 427 Å². The molecular formula is C48H72N24O12. The molecule has 456 valence electrons. The van der Waals surface area contributed by atoms with Crippen LogP contribution in [-0.2, 0) is 0 Å². The zero-order valence-corrected chi connectivity index (χ0v) is 47.1. The zero-order chi connectivity index (χ0) is 58.2. The van der Waals surface area contributed by atoms with Crippen molar-refractivity contribution in [3.05, 3.63) is 0 Å². The van der Waals surface area contributed by atoms with Crippen LogP contribution in [0.25, 0.3) is 0 Å². The average molecular weight is 1180 g/mol. The van der Waals surface area contributed by atoms with Crippen LogP contribution in [0, 0.1) is 0 Å². The van der Waals surface area contributed by atoms with E-state index in [0.29, 0.717) is 157 Å². The van der Waals surface area contributed by atoms with Gasteiger partial charge < -0.3 is 118 Å². The summed E-state index contributed by atoms with van der Waals surface area (Å²) in [6, 6.07) is -3.88. The molecule has 13 aliphatic rings. The van der Waals surface area contributed by atoms with Crippen LogP contribution in [0.5, 0.6) is 0 Å². The SMILES string of the molecule is O=C1N2CCN1CN1CCN(CN3CCN(CN4CCN(CN5CCN(CN6CCN(CN7CCN(CN8CCN(CN9CCN(CN%10CCN(CN%11CCN(CN%12CCN(C2)C%12=O)C%11=O)C%10=O)C9=O)C8=O)C7=O)C6=O)C5=O)C4=O)C3=O)C1=O. The van der Waals surface area contributed by atoms with Crippen LogP contribution in [0.4, 0.5) is 57.5 Å². The number of amides is 24.